The first-order valence-electron chi connectivity index (χ1n) is 12.6. The number of hydrogen-bond acceptors (Lipinski definition) is 8. The number of benzene rings is 1. The van der Waals surface area contributed by atoms with Gasteiger partial charge in [0.05, 0.1) is 4.90 Å². The van der Waals surface area contributed by atoms with E-state index in [1.807, 2.05) is 20.8 Å². The molecular formula is C27H29ClN6O4S. The maximum Gasteiger partial charge on any atom is 0.410 e. The molecule has 1 unspecified atom stereocenters. The van der Waals surface area contributed by atoms with Crippen LogP contribution in [-0.2, 0) is 14.8 Å². The summed E-state index contributed by atoms with van der Waals surface area (Å²) >= 11 is 6.42. The van der Waals surface area contributed by atoms with Crippen LogP contribution >= 0.6 is 11.6 Å². The lowest BCUT2D eigenvalue weighted by atomic mass is 10.1. The number of carbonyl (C=O) groups is 1. The minimum atomic E-state index is -3.92. The Hall–Kier alpha value is -3.70. The maximum atomic E-state index is 13.5. The summed E-state index contributed by atoms with van der Waals surface area (Å²) in [4.78, 5) is 27.6. The number of aromatic nitrogens is 4. The van der Waals surface area contributed by atoms with Crippen LogP contribution in [0.2, 0.25) is 5.15 Å². The standard InChI is InChI=1S/C27H29ClN6O4S/c1-27(2,3)38-26(35)33-13-7-8-19(16-33)31-23-15-18(14-22(28)32-23)21-17-34(25-24(21)29-11-12-30-25)39(36,37)20-9-5-4-6-10-20/h4-6,9-12,14-15,17,19H,7-8,13,16H2,1-3H3,(H,31,32). The van der Waals surface area contributed by atoms with E-state index in [0.29, 0.717) is 35.6 Å². The topological polar surface area (TPSA) is 119 Å². The highest BCUT2D eigenvalue weighted by Gasteiger charge is 2.28. The van der Waals surface area contributed by atoms with E-state index < -0.39 is 15.6 Å². The molecule has 0 bridgehead atoms. The summed E-state index contributed by atoms with van der Waals surface area (Å²) in [6.45, 7) is 6.60. The van der Waals surface area contributed by atoms with Gasteiger partial charge >= 0.3 is 6.09 Å². The van der Waals surface area contributed by atoms with Crippen LogP contribution in [-0.4, -0.2) is 63.1 Å². The van der Waals surface area contributed by atoms with Crippen molar-refractivity contribution < 1.29 is 17.9 Å². The number of carbonyl (C=O) groups excluding carboxylic acids is 1. The van der Waals surface area contributed by atoms with Crippen LogP contribution in [0.15, 0.2) is 66.0 Å². The molecule has 1 aliphatic heterocycles. The second kappa shape index (κ2) is 10.5. The number of nitrogens with zero attached hydrogens (tertiary/aromatic N) is 5. The van der Waals surface area contributed by atoms with E-state index in [2.05, 4.69) is 20.3 Å². The van der Waals surface area contributed by atoms with Gasteiger partial charge in [-0.15, -0.1) is 0 Å². The number of likely N-dealkylation sites (tertiary alicyclic amines) is 1. The van der Waals surface area contributed by atoms with Crippen LogP contribution < -0.4 is 5.32 Å². The van der Waals surface area contributed by atoms with Crippen molar-refractivity contribution in [1.29, 1.82) is 0 Å². The molecule has 12 heteroatoms. The molecule has 3 aromatic heterocycles. The Kier molecular flexibility index (Phi) is 7.21. The van der Waals surface area contributed by atoms with Gasteiger partial charge in [-0.3, -0.25) is 4.98 Å². The SMILES string of the molecule is CC(C)(C)OC(=O)N1CCCC(Nc2cc(-c3cn(S(=O)(=O)c4ccccc4)c4nccnc34)cc(Cl)n2)C1. The lowest BCUT2D eigenvalue weighted by Gasteiger charge is -2.34. The molecule has 39 heavy (non-hydrogen) atoms. The molecule has 4 aromatic rings. The zero-order chi connectivity index (χ0) is 27.8. The van der Waals surface area contributed by atoms with Crippen molar-refractivity contribution >= 4 is 44.7 Å². The smallest absolute Gasteiger partial charge is 0.410 e. The van der Waals surface area contributed by atoms with Gasteiger partial charge in [-0.25, -0.2) is 27.2 Å². The number of ether oxygens (including phenoxy) is 1. The zero-order valence-electron chi connectivity index (χ0n) is 21.8. The quantitative estimate of drug-likeness (QED) is 0.326. The van der Waals surface area contributed by atoms with Crippen molar-refractivity contribution in [1.82, 2.24) is 23.8 Å². The molecule has 1 saturated heterocycles. The number of anilines is 1. The van der Waals surface area contributed by atoms with E-state index in [4.69, 9.17) is 16.3 Å². The van der Waals surface area contributed by atoms with Crippen LogP contribution in [0, 0.1) is 0 Å². The van der Waals surface area contributed by atoms with Crippen molar-refractivity contribution in [2.45, 2.75) is 50.2 Å². The Bertz CT molecular complexity index is 1620. The normalized spacial score (nSPS) is 16.3. The molecule has 10 nitrogen and oxygen atoms in total. The predicted octanol–water partition coefficient (Wildman–Crippen LogP) is 5.20. The van der Waals surface area contributed by atoms with Gasteiger partial charge in [-0.05, 0) is 63.4 Å². The number of amides is 1. The fourth-order valence-electron chi connectivity index (χ4n) is 4.54. The van der Waals surface area contributed by atoms with E-state index in [-0.39, 0.29) is 27.8 Å². The van der Waals surface area contributed by atoms with Crippen LogP contribution in [0.3, 0.4) is 0 Å². The summed E-state index contributed by atoms with van der Waals surface area (Å²) < 4.78 is 33.6. The third kappa shape index (κ3) is 5.84. The molecule has 1 aliphatic rings. The van der Waals surface area contributed by atoms with E-state index in [9.17, 15) is 13.2 Å². The van der Waals surface area contributed by atoms with E-state index in [1.165, 1.54) is 30.7 Å². The van der Waals surface area contributed by atoms with E-state index in [0.717, 1.165) is 16.8 Å². The molecular weight excluding hydrogens is 540 g/mol. The predicted molar refractivity (Wildman–Crippen MR) is 149 cm³/mol. The number of halogens is 1. The third-order valence-corrected chi connectivity index (χ3v) is 8.08. The highest BCUT2D eigenvalue weighted by Crippen LogP contribution is 2.33. The molecule has 4 heterocycles. The summed E-state index contributed by atoms with van der Waals surface area (Å²) in [7, 11) is -3.92. The molecule has 1 N–H and O–H groups in total. The Morgan fingerprint density at radius 2 is 1.87 bits per heavy atom. The van der Waals surface area contributed by atoms with Gasteiger partial charge in [0.1, 0.15) is 22.1 Å². The summed E-state index contributed by atoms with van der Waals surface area (Å²) in [6, 6.07) is 11.5. The number of piperidine rings is 1. The first-order chi connectivity index (χ1) is 18.5. The molecule has 1 aromatic carbocycles. The second-order valence-electron chi connectivity index (χ2n) is 10.4. The second-order valence-corrected chi connectivity index (χ2v) is 12.6. The van der Waals surface area contributed by atoms with Gasteiger partial charge in [-0.1, -0.05) is 29.8 Å². The first kappa shape index (κ1) is 26.9. The molecule has 1 atom stereocenters. The van der Waals surface area contributed by atoms with Crippen molar-refractivity contribution in [2.24, 2.45) is 0 Å². The molecule has 1 fully saturated rings. The summed E-state index contributed by atoms with van der Waals surface area (Å²) in [6.07, 6.45) is 5.77. The number of fused-ring (bicyclic) bond motifs is 1. The zero-order valence-corrected chi connectivity index (χ0v) is 23.4. The minimum absolute atomic E-state index is 0.0651. The lowest BCUT2D eigenvalue weighted by molar-refractivity contribution is 0.0206. The fraction of sp³-hybridized carbons (Fsp3) is 0.333. The third-order valence-electron chi connectivity index (χ3n) is 6.22. The van der Waals surface area contributed by atoms with Gasteiger partial charge in [0, 0.05) is 43.3 Å². The molecule has 5 rings (SSSR count). The van der Waals surface area contributed by atoms with Crippen LogP contribution in [0.4, 0.5) is 10.6 Å². The van der Waals surface area contributed by atoms with Crippen LogP contribution in [0.1, 0.15) is 33.6 Å². The average molecular weight is 569 g/mol. The van der Waals surface area contributed by atoms with Crippen LogP contribution in [0.5, 0.6) is 0 Å². The summed E-state index contributed by atoms with van der Waals surface area (Å²) in [5, 5.41) is 3.61. The molecule has 0 spiro atoms. The maximum absolute atomic E-state index is 13.5. The Labute approximate surface area is 232 Å². The molecule has 0 saturated carbocycles. The van der Waals surface area contributed by atoms with Gasteiger partial charge < -0.3 is 15.0 Å². The summed E-state index contributed by atoms with van der Waals surface area (Å²) in [5.41, 5.74) is 1.23. The molecule has 1 amide bonds. The Balaban J connectivity index is 1.46. The molecule has 0 aliphatic carbocycles. The van der Waals surface area contributed by atoms with E-state index >= 15 is 0 Å². The number of rotatable bonds is 5. The molecule has 204 valence electrons. The van der Waals surface area contributed by atoms with Gasteiger partial charge in [0.25, 0.3) is 10.0 Å². The highest BCUT2D eigenvalue weighted by atomic mass is 35.5. The molecule has 0 radical (unpaired) electrons. The van der Waals surface area contributed by atoms with E-state index in [1.54, 1.807) is 35.2 Å². The Morgan fingerprint density at radius 3 is 2.62 bits per heavy atom. The monoisotopic (exact) mass is 568 g/mol. The van der Waals surface area contributed by atoms with Crippen molar-refractivity contribution in [3.8, 4) is 11.1 Å². The van der Waals surface area contributed by atoms with Gasteiger partial charge in [0.15, 0.2) is 5.65 Å². The number of hydrogen-bond donors (Lipinski definition) is 1. The fourth-order valence-corrected chi connectivity index (χ4v) is 6.09. The van der Waals surface area contributed by atoms with Gasteiger partial charge in [-0.2, -0.15) is 0 Å². The summed E-state index contributed by atoms with van der Waals surface area (Å²) in [5.74, 6) is 0.504. The van der Waals surface area contributed by atoms with Crippen molar-refractivity contribution in [3.63, 3.8) is 0 Å². The lowest BCUT2D eigenvalue weighted by Crippen LogP contribution is -2.47. The van der Waals surface area contributed by atoms with Crippen molar-refractivity contribution in [2.75, 3.05) is 18.4 Å². The number of pyridine rings is 1. The number of nitrogens with one attached hydrogen (secondary N) is 1. The minimum Gasteiger partial charge on any atom is -0.444 e. The highest BCUT2D eigenvalue weighted by molar-refractivity contribution is 7.90. The van der Waals surface area contributed by atoms with Crippen LogP contribution in [0.25, 0.3) is 22.3 Å². The average Bonchev–Trinajstić information content (AvgIpc) is 3.29. The van der Waals surface area contributed by atoms with Crippen molar-refractivity contribution in [3.05, 3.63) is 66.2 Å². The van der Waals surface area contributed by atoms with Gasteiger partial charge in [0.2, 0.25) is 0 Å². The Morgan fingerprint density at radius 1 is 1.13 bits per heavy atom. The first-order valence-corrected chi connectivity index (χ1v) is 14.4. The largest absolute Gasteiger partial charge is 0.444 e.